The Morgan fingerprint density at radius 3 is 2.54 bits per heavy atom. The van der Waals surface area contributed by atoms with E-state index in [0.717, 1.165) is 11.4 Å². The molecule has 2 amide bonds. The molecule has 4 rings (SSSR count). The first-order chi connectivity index (χ1) is 16.9. The van der Waals surface area contributed by atoms with Crippen LogP contribution in [0.1, 0.15) is 12.6 Å². The molecule has 1 aliphatic heterocycles. The normalized spacial score (nSPS) is 12.1. The van der Waals surface area contributed by atoms with Crippen molar-refractivity contribution in [1.82, 2.24) is 9.55 Å². The maximum Gasteiger partial charge on any atom is 0.272 e. The number of nitrogens with zero attached hydrogens (tertiary/aromatic N) is 2. The number of aromatic nitrogens is 2. The minimum absolute atomic E-state index is 0.0377. The van der Waals surface area contributed by atoms with Crippen LogP contribution in [0.25, 0.3) is 5.69 Å². The molecule has 0 bridgehead atoms. The van der Waals surface area contributed by atoms with Gasteiger partial charge in [0, 0.05) is 36.5 Å². The van der Waals surface area contributed by atoms with Gasteiger partial charge in [0.15, 0.2) is 16.7 Å². The van der Waals surface area contributed by atoms with E-state index < -0.39 is 0 Å². The molecule has 11 heteroatoms. The highest BCUT2D eigenvalue weighted by atomic mass is 32.2. The Hall–Kier alpha value is -3.44. The van der Waals surface area contributed by atoms with Crippen molar-refractivity contribution < 1.29 is 19.1 Å². The van der Waals surface area contributed by atoms with Crippen molar-refractivity contribution >= 4 is 46.7 Å². The average molecular weight is 513 g/mol. The van der Waals surface area contributed by atoms with Gasteiger partial charge in [-0.25, -0.2) is 4.98 Å². The zero-order chi connectivity index (χ0) is 24.9. The van der Waals surface area contributed by atoms with E-state index in [-0.39, 0.29) is 23.1 Å². The average Bonchev–Trinajstić information content (AvgIpc) is 3.31. The molecule has 0 spiro atoms. The molecule has 0 saturated heterocycles. The number of ether oxygens (including phenoxy) is 2. The van der Waals surface area contributed by atoms with Crippen molar-refractivity contribution in [3.63, 3.8) is 0 Å². The summed E-state index contributed by atoms with van der Waals surface area (Å²) in [6, 6.07) is 12.1. The Labute approximate surface area is 210 Å². The molecule has 35 heavy (non-hydrogen) atoms. The summed E-state index contributed by atoms with van der Waals surface area (Å²) in [6.07, 6.45) is 0.706. The van der Waals surface area contributed by atoms with Crippen LogP contribution < -0.4 is 25.7 Å². The molecule has 0 aliphatic carbocycles. The second kappa shape index (κ2) is 10.9. The van der Waals surface area contributed by atoms with E-state index in [4.69, 9.17) is 14.5 Å². The predicted octanol–water partition coefficient (Wildman–Crippen LogP) is 3.59. The number of methoxy groups -OCH3 is 2. The van der Waals surface area contributed by atoms with Crippen LogP contribution in [0, 0.1) is 0 Å². The molecule has 0 atom stereocenters. The standard InChI is InChI=1S/C24H24N4O5S2/c1-14(29)25-15-5-4-6-16(11-15)26-21(30)13-35-24-27-18-9-10-34-22(18)23(31)28(24)17-7-8-19(32-2)20(12-17)33-3/h4-8,11-12H,9-10,13H2,1-3H3,(H,25,29)(H,26,30). The molecule has 2 N–H and O–H groups in total. The van der Waals surface area contributed by atoms with Gasteiger partial charge in [-0.05, 0) is 30.3 Å². The minimum Gasteiger partial charge on any atom is -0.493 e. The predicted molar refractivity (Wildman–Crippen MR) is 137 cm³/mol. The van der Waals surface area contributed by atoms with Crippen molar-refractivity contribution in [2.45, 2.75) is 23.4 Å². The van der Waals surface area contributed by atoms with E-state index >= 15 is 0 Å². The number of carbonyl (C=O) groups is 2. The number of hydrogen-bond donors (Lipinski definition) is 2. The third kappa shape index (κ3) is 5.63. The molecule has 0 saturated carbocycles. The first kappa shape index (κ1) is 24.7. The summed E-state index contributed by atoms with van der Waals surface area (Å²) >= 11 is 2.67. The Morgan fingerprint density at radius 1 is 1.09 bits per heavy atom. The first-order valence-electron chi connectivity index (χ1n) is 10.7. The van der Waals surface area contributed by atoms with Gasteiger partial charge in [0.2, 0.25) is 11.8 Å². The van der Waals surface area contributed by atoms with Gasteiger partial charge in [0.1, 0.15) is 0 Å². The third-order valence-corrected chi connectivity index (χ3v) is 7.14. The second-order valence-corrected chi connectivity index (χ2v) is 9.60. The smallest absolute Gasteiger partial charge is 0.272 e. The third-order valence-electron chi connectivity index (χ3n) is 5.09. The number of benzene rings is 2. The van der Waals surface area contributed by atoms with Gasteiger partial charge in [-0.3, -0.25) is 19.0 Å². The van der Waals surface area contributed by atoms with E-state index in [1.165, 1.54) is 42.1 Å². The van der Waals surface area contributed by atoms with Gasteiger partial charge in [0.05, 0.1) is 36.2 Å². The number of thioether (sulfide) groups is 2. The molecule has 2 aromatic carbocycles. The number of anilines is 2. The summed E-state index contributed by atoms with van der Waals surface area (Å²) in [7, 11) is 3.07. The highest BCUT2D eigenvalue weighted by Gasteiger charge is 2.23. The van der Waals surface area contributed by atoms with Crippen LogP contribution in [0.5, 0.6) is 11.5 Å². The van der Waals surface area contributed by atoms with Crippen LogP contribution in [-0.4, -0.2) is 47.1 Å². The Kier molecular flexibility index (Phi) is 7.67. The van der Waals surface area contributed by atoms with E-state index in [2.05, 4.69) is 10.6 Å². The molecular formula is C24H24N4O5S2. The van der Waals surface area contributed by atoms with Gasteiger partial charge in [0.25, 0.3) is 5.56 Å². The van der Waals surface area contributed by atoms with Crippen LogP contribution in [-0.2, 0) is 16.0 Å². The molecule has 0 fully saturated rings. The van der Waals surface area contributed by atoms with Crippen molar-refractivity contribution in [3.8, 4) is 17.2 Å². The molecule has 0 radical (unpaired) electrons. The summed E-state index contributed by atoms with van der Waals surface area (Å²) in [5, 5.41) is 5.93. The maximum atomic E-state index is 13.4. The van der Waals surface area contributed by atoms with Gasteiger partial charge in [-0.2, -0.15) is 0 Å². The molecule has 2 heterocycles. The highest BCUT2D eigenvalue weighted by molar-refractivity contribution is 8.00. The van der Waals surface area contributed by atoms with Crippen molar-refractivity contribution in [2.75, 3.05) is 36.4 Å². The van der Waals surface area contributed by atoms with Crippen molar-refractivity contribution in [2.24, 2.45) is 0 Å². The molecule has 3 aromatic rings. The Balaban J connectivity index is 1.59. The number of carbonyl (C=O) groups excluding carboxylic acids is 2. The summed E-state index contributed by atoms with van der Waals surface area (Å²) < 4.78 is 12.2. The molecule has 182 valence electrons. The van der Waals surface area contributed by atoms with Crippen LogP contribution >= 0.6 is 23.5 Å². The molecular weight excluding hydrogens is 488 g/mol. The van der Waals surface area contributed by atoms with E-state index in [0.29, 0.717) is 45.0 Å². The molecule has 0 unspecified atom stereocenters. The Bertz CT molecular complexity index is 1340. The number of nitrogens with one attached hydrogen (secondary N) is 2. The first-order valence-corrected chi connectivity index (χ1v) is 12.7. The van der Waals surface area contributed by atoms with Crippen LogP contribution in [0.4, 0.5) is 11.4 Å². The lowest BCUT2D eigenvalue weighted by atomic mass is 10.2. The fraction of sp³-hybridized carbons (Fsp3) is 0.250. The number of fused-ring (bicyclic) bond motifs is 1. The minimum atomic E-state index is -0.266. The summed E-state index contributed by atoms with van der Waals surface area (Å²) in [6.45, 7) is 1.42. The summed E-state index contributed by atoms with van der Waals surface area (Å²) in [5.41, 5.74) is 2.29. The number of amides is 2. The van der Waals surface area contributed by atoms with E-state index in [1.807, 2.05) is 0 Å². The lowest BCUT2D eigenvalue weighted by molar-refractivity contribution is -0.114. The van der Waals surface area contributed by atoms with Crippen molar-refractivity contribution in [1.29, 1.82) is 0 Å². The zero-order valence-corrected chi connectivity index (χ0v) is 21.0. The lowest BCUT2D eigenvalue weighted by Gasteiger charge is -2.15. The van der Waals surface area contributed by atoms with Gasteiger partial charge in [-0.15, -0.1) is 11.8 Å². The largest absolute Gasteiger partial charge is 0.493 e. The summed E-state index contributed by atoms with van der Waals surface area (Å²) in [5.74, 6) is 1.40. The number of hydrogen-bond acceptors (Lipinski definition) is 8. The Morgan fingerprint density at radius 2 is 1.83 bits per heavy atom. The fourth-order valence-electron chi connectivity index (χ4n) is 3.59. The number of rotatable bonds is 8. The van der Waals surface area contributed by atoms with Crippen LogP contribution in [0.2, 0.25) is 0 Å². The highest BCUT2D eigenvalue weighted by Crippen LogP contribution is 2.33. The SMILES string of the molecule is COc1ccc(-n2c(SCC(=O)Nc3cccc(NC(C)=O)c3)nc3c(c2=O)SCC3)cc1OC. The second-order valence-electron chi connectivity index (χ2n) is 7.55. The fourth-order valence-corrected chi connectivity index (χ4v) is 5.44. The topological polar surface area (TPSA) is 112 Å². The quantitative estimate of drug-likeness (QED) is 0.348. The monoisotopic (exact) mass is 512 g/mol. The van der Waals surface area contributed by atoms with E-state index in [9.17, 15) is 14.4 Å². The van der Waals surface area contributed by atoms with E-state index in [1.54, 1.807) is 49.6 Å². The maximum absolute atomic E-state index is 13.4. The van der Waals surface area contributed by atoms with Crippen LogP contribution in [0.3, 0.4) is 0 Å². The van der Waals surface area contributed by atoms with Gasteiger partial charge >= 0.3 is 0 Å². The molecule has 1 aromatic heterocycles. The molecule has 9 nitrogen and oxygen atoms in total. The van der Waals surface area contributed by atoms with Crippen molar-refractivity contribution in [3.05, 3.63) is 58.5 Å². The van der Waals surface area contributed by atoms with Gasteiger partial charge < -0.3 is 20.1 Å². The lowest BCUT2D eigenvalue weighted by Crippen LogP contribution is -2.24. The van der Waals surface area contributed by atoms with Gasteiger partial charge in [-0.1, -0.05) is 17.8 Å². The van der Waals surface area contributed by atoms with Crippen LogP contribution in [0.15, 0.2) is 57.3 Å². The zero-order valence-electron chi connectivity index (χ0n) is 19.4. The summed E-state index contributed by atoms with van der Waals surface area (Å²) in [4.78, 5) is 42.7. The molecule has 1 aliphatic rings. The number of aryl methyl sites for hydroxylation is 1.